The number of aryl methyl sites for hydroxylation is 2. The average molecular weight is 328 g/mol. The number of rotatable bonds is 4. The smallest absolute Gasteiger partial charge is 0.269 e. The topological polar surface area (TPSA) is 76.7 Å². The molecule has 126 valence electrons. The zero-order valence-electron chi connectivity index (χ0n) is 14.1. The van der Waals surface area contributed by atoms with Crippen molar-refractivity contribution in [1.29, 1.82) is 0 Å². The second kappa shape index (κ2) is 7.50. The highest BCUT2D eigenvalue weighted by Gasteiger charge is 2.12. The van der Waals surface area contributed by atoms with Gasteiger partial charge in [0.25, 0.3) is 11.8 Å². The predicted octanol–water partition coefficient (Wildman–Crippen LogP) is 2.40. The fourth-order valence-corrected chi connectivity index (χ4v) is 2.34. The molecule has 0 aliphatic rings. The molecule has 6 nitrogen and oxygen atoms in total. The first kappa shape index (κ1) is 17.3. The van der Waals surface area contributed by atoms with E-state index < -0.39 is 5.91 Å². The minimum absolute atomic E-state index is 0.341. The summed E-state index contributed by atoms with van der Waals surface area (Å²) >= 11 is 0. The summed E-state index contributed by atoms with van der Waals surface area (Å²) in [6.07, 6.45) is 0. The highest BCUT2D eigenvalue weighted by atomic mass is 16.5. The van der Waals surface area contributed by atoms with Crippen LogP contribution >= 0.6 is 0 Å². The second-order valence-corrected chi connectivity index (χ2v) is 5.35. The van der Waals surface area contributed by atoms with E-state index in [0.717, 1.165) is 11.1 Å². The molecule has 2 aromatic carbocycles. The lowest BCUT2D eigenvalue weighted by Crippen LogP contribution is -2.41. The maximum absolute atomic E-state index is 12.2. The molecule has 0 aliphatic heterocycles. The molecule has 0 atom stereocenters. The lowest BCUT2D eigenvalue weighted by atomic mass is 10.1. The number of hydrazine groups is 1. The molecule has 0 aromatic heterocycles. The van der Waals surface area contributed by atoms with E-state index >= 15 is 0 Å². The third-order valence-electron chi connectivity index (χ3n) is 3.42. The molecule has 0 fully saturated rings. The molecule has 0 bridgehead atoms. The molecule has 0 radical (unpaired) electrons. The molecule has 24 heavy (non-hydrogen) atoms. The summed E-state index contributed by atoms with van der Waals surface area (Å²) in [5, 5.41) is 0. The van der Waals surface area contributed by atoms with E-state index in [1.165, 1.54) is 20.3 Å². The molecule has 6 heteroatoms. The highest BCUT2D eigenvalue weighted by molar-refractivity contribution is 5.99. The molecular weight excluding hydrogens is 308 g/mol. The van der Waals surface area contributed by atoms with Crippen molar-refractivity contribution in [2.24, 2.45) is 0 Å². The number of methoxy groups -OCH3 is 2. The van der Waals surface area contributed by atoms with Crippen molar-refractivity contribution in [2.45, 2.75) is 13.8 Å². The highest BCUT2D eigenvalue weighted by Crippen LogP contribution is 2.27. The zero-order chi connectivity index (χ0) is 17.7. The van der Waals surface area contributed by atoms with Gasteiger partial charge in [-0.1, -0.05) is 17.2 Å². The first-order valence-electron chi connectivity index (χ1n) is 7.35. The molecule has 0 aliphatic carbocycles. The molecule has 0 unspecified atom stereocenters. The van der Waals surface area contributed by atoms with Gasteiger partial charge in [0.05, 0.1) is 14.2 Å². The first-order chi connectivity index (χ1) is 11.4. The molecule has 0 saturated carbocycles. The van der Waals surface area contributed by atoms with Crippen LogP contribution in [0.5, 0.6) is 11.5 Å². The quantitative estimate of drug-likeness (QED) is 0.845. The summed E-state index contributed by atoms with van der Waals surface area (Å²) in [4.78, 5) is 24.3. The van der Waals surface area contributed by atoms with Crippen LogP contribution in [0.3, 0.4) is 0 Å². The van der Waals surface area contributed by atoms with Crippen LogP contribution in [-0.4, -0.2) is 26.0 Å². The van der Waals surface area contributed by atoms with E-state index in [1.54, 1.807) is 24.3 Å². The summed E-state index contributed by atoms with van der Waals surface area (Å²) in [5.74, 6) is 0.128. The number of benzene rings is 2. The Morgan fingerprint density at radius 2 is 1.29 bits per heavy atom. The van der Waals surface area contributed by atoms with Gasteiger partial charge < -0.3 is 9.47 Å². The maximum atomic E-state index is 12.2. The predicted molar refractivity (Wildman–Crippen MR) is 90.4 cm³/mol. The summed E-state index contributed by atoms with van der Waals surface area (Å²) in [6.45, 7) is 3.82. The number of hydrogen-bond acceptors (Lipinski definition) is 4. The first-order valence-corrected chi connectivity index (χ1v) is 7.35. The van der Waals surface area contributed by atoms with Gasteiger partial charge in [-0.2, -0.15) is 0 Å². The summed E-state index contributed by atoms with van der Waals surface area (Å²) in [6, 6.07) is 10.2. The number of carbonyl (C=O) groups is 2. The third kappa shape index (κ3) is 4.04. The van der Waals surface area contributed by atoms with Gasteiger partial charge in [-0.05, 0) is 44.2 Å². The Bertz CT molecular complexity index is 751. The Labute approximate surface area is 140 Å². The van der Waals surface area contributed by atoms with Gasteiger partial charge in [0.1, 0.15) is 0 Å². The molecule has 2 rings (SSSR count). The van der Waals surface area contributed by atoms with Crippen LogP contribution in [0.15, 0.2) is 36.4 Å². The monoisotopic (exact) mass is 328 g/mol. The Morgan fingerprint density at radius 3 is 1.83 bits per heavy atom. The van der Waals surface area contributed by atoms with E-state index in [-0.39, 0.29) is 5.91 Å². The van der Waals surface area contributed by atoms with Crippen molar-refractivity contribution in [3.8, 4) is 11.5 Å². The van der Waals surface area contributed by atoms with E-state index in [2.05, 4.69) is 10.9 Å². The van der Waals surface area contributed by atoms with Gasteiger partial charge in [-0.15, -0.1) is 0 Å². The van der Waals surface area contributed by atoms with Gasteiger partial charge in [-0.3, -0.25) is 20.4 Å². The van der Waals surface area contributed by atoms with Crippen molar-refractivity contribution < 1.29 is 19.1 Å². The molecular formula is C18H20N2O4. The SMILES string of the molecule is COc1ccc(C(=O)NNC(=O)c2cc(C)cc(C)c2)cc1OC. The minimum atomic E-state index is -0.450. The van der Waals surface area contributed by atoms with Gasteiger partial charge in [-0.25, -0.2) is 0 Å². The molecule has 2 amide bonds. The second-order valence-electron chi connectivity index (χ2n) is 5.35. The number of ether oxygens (including phenoxy) is 2. The summed E-state index contributed by atoms with van der Waals surface area (Å²) in [5.41, 5.74) is 7.58. The Balaban J connectivity index is 2.06. The van der Waals surface area contributed by atoms with Crippen molar-refractivity contribution >= 4 is 11.8 Å². The van der Waals surface area contributed by atoms with Gasteiger partial charge in [0, 0.05) is 11.1 Å². The standard InChI is InChI=1S/C18H20N2O4/c1-11-7-12(2)9-14(8-11)18(22)20-19-17(21)13-5-6-15(23-3)16(10-13)24-4/h5-10H,1-4H3,(H,19,21)(H,20,22). The van der Waals surface area contributed by atoms with Crippen LogP contribution in [-0.2, 0) is 0 Å². The number of carbonyl (C=O) groups excluding carboxylic acids is 2. The largest absolute Gasteiger partial charge is 0.493 e. The summed E-state index contributed by atoms with van der Waals surface area (Å²) < 4.78 is 10.3. The lowest BCUT2D eigenvalue weighted by Gasteiger charge is -2.11. The Morgan fingerprint density at radius 1 is 0.750 bits per heavy atom. The normalized spacial score (nSPS) is 10.0. The maximum Gasteiger partial charge on any atom is 0.269 e. The molecule has 0 saturated heterocycles. The minimum Gasteiger partial charge on any atom is -0.493 e. The molecule has 2 N–H and O–H groups in total. The van der Waals surface area contributed by atoms with E-state index in [0.29, 0.717) is 22.6 Å². The van der Waals surface area contributed by atoms with E-state index in [4.69, 9.17) is 9.47 Å². The molecule has 2 aromatic rings. The third-order valence-corrected chi connectivity index (χ3v) is 3.42. The van der Waals surface area contributed by atoms with Crippen molar-refractivity contribution in [1.82, 2.24) is 10.9 Å². The number of amides is 2. The summed E-state index contributed by atoms with van der Waals surface area (Å²) in [7, 11) is 3.00. The van der Waals surface area contributed by atoms with Crippen LogP contribution in [0, 0.1) is 13.8 Å². The van der Waals surface area contributed by atoms with E-state index in [9.17, 15) is 9.59 Å². The van der Waals surface area contributed by atoms with Crippen molar-refractivity contribution in [3.63, 3.8) is 0 Å². The molecule has 0 heterocycles. The number of hydrogen-bond donors (Lipinski definition) is 2. The van der Waals surface area contributed by atoms with Crippen molar-refractivity contribution in [3.05, 3.63) is 58.7 Å². The van der Waals surface area contributed by atoms with Crippen LogP contribution in [0.25, 0.3) is 0 Å². The average Bonchev–Trinajstić information content (AvgIpc) is 2.57. The van der Waals surface area contributed by atoms with Gasteiger partial charge in [0.15, 0.2) is 11.5 Å². The van der Waals surface area contributed by atoms with Crippen LogP contribution in [0.1, 0.15) is 31.8 Å². The van der Waals surface area contributed by atoms with E-state index in [1.807, 2.05) is 19.9 Å². The van der Waals surface area contributed by atoms with Crippen LogP contribution in [0.4, 0.5) is 0 Å². The fraction of sp³-hybridized carbons (Fsp3) is 0.222. The Hall–Kier alpha value is -3.02. The Kier molecular flexibility index (Phi) is 5.42. The van der Waals surface area contributed by atoms with Crippen LogP contribution < -0.4 is 20.3 Å². The zero-order valence-corrected chi connectivity index (χ0v) is 14.1. The van der Waals surface area contributed by atoms with Gasteiger partial charge in [0.2, 0.25) is 0 Å². The lowest BCUT2D eigenvalue weighted by molar-refractivity contribution is 0.0846. The fourth-order valence-electron chi connectivity index (χ4n) is 2.34. The number of nitrogens with one attached hydrogen (secondary N) is 2. The van der Waals surface area contributed by atoms with Gasteiger partial charge >= 0.3 is 0 Å². The molecule has 0 spiro atoms. The van der Waals surface area contributed by atoms with Crippen molar-refractivity contribution in [2.75, 3.05) is 14.2 Å². The van der Waals surface area contributed by atoms with Crippen LogP contribution in [0.2, 0.25) is 0 Å².